The molecule has 0 aliphatic carbocycles. The van der Waals surface area contributed by atoms with Crippen LogP contribution in [0.25, 0.3) is 0 Å². The first-order chi connectivity index (χ1) is 10.1. The van der Waals surface area contributed by atoms with Crippen LogP contribution in [0.15, 0.2) is 29.2 Å². The topological polar surface area (TPSA) is 70.4 Å². The predicted octanol–water partition coefficient (Wildman–Crippen LogP) is 2.14. The normalized spacial score (nSPS) is 20.1. The Kier molecular flexibility index (Phi) is 5.34. The minimum atomic E-state index is -3.50. The van der Waals surface area contributed by atoms with Gasteiger partial charge in [0.25, 0.3) is 0 Å². The van der Waals surface area contributed by atoms with Crippen molar-refractivity contribution in [2.24, 2.45) is 0 Å². The molecule has 1 saturated heterocycles. The lowest BCUT2D eigenvalue weighted by Gasteiger charge is -2.31. The molecule has 1 aromatic rings. The Bertz CT molecular complexity index is 605. The first-order valence-electron chi connectivity index (χ1n) is 7.20. The third kappa shape index (κ3) is 3.82. The van der Waals surface area contributed by atoms with Gasteiger partial charge < -0.3 is 4.74 Å². The van der Waals surface area contributed by atoms with Gasteiger partial charge in [-0.2, -0.15) is 9.57 Å². The Hall–Kier alpha value is -1.42. The molecular weight excluding hydrogens is 288 g/mol. The molecule has 2 rings (SSSR count). The van der Waals surface area contributed by atoms with Crippen molar-refractivity contribution >= 4 is 10.0 Å². The molecule has 0 amide bonds. The molecule has 6 heteroatoms. The third-order valence-electron chi connectivity index (χ3n) is 3.52. The van der Waals surface area contributed by atoms with Gasteiger partial charge in [-0.3, -0.25) is 0 Å². The van der Waals surface area contributed by atoms with Crippen LogP contribution in [0.3, 0.4) is 0 Å². The first kappa shape index (κ1) is 16.0. The molecule has 21 heavy (non-hydrogen) atoms. The summed E-state index contributed by atoms with van der Waals surface area (Å²) in [5, 5.41) is 8.77. The fourth-order valence-electron chi connectivity index (χ4n) is 2.39. The minimum absolute atomic E-state index is 0.0214. The molecule has 0 aromatic heterocycles. The van der Waals surface area contributed by atoms with Crippen molar-refractivity contribution in [2.75, 3.05) is 19.7 Å². The van der Waals surface area contributed by atoms with Gasteiger partial charge in [0.1, 0.15) is 0 Å². The van der Waals surface area contributed by atoms with Crippen LogP contribution >= 0.6 is 0 Å². The number of benzene rings is 1. The van der Waals surface area contributed by atoms with Crippen LogP contribution in [0.1, 0.15) is 31.7 Å². The number of hydrogen-bond acceptors (Lipinski definition) is 4. The number of sulfonamides is 1. The maximum atomic E-state index is 12.6. The second-order valence-electron chi connectivity index (χ2n) is 5.13. The summed E-state index contributed by atoms with van der Waals surface area (Å²) in [6, 6.07) is 8.03. The van der Waals surface area contributed by atoms with Gasteiger partial charge in [-0.15, -0.1) is 0 Å². The largest absolute Gasteiger partial charge is 0.377 e. The summed E-state index contributed by atoms with van der Waals surface area (Å²) >= 11 is 0. The second-order valence-corrected chi connectivity index (χ2v) is 7.07. The van der Waals surface area contributed by atoms with Crippen LogP contribution in [0.5, 0.6) is 0 Å². The second kappa shape index (κ2) is 7.03. The molecule has 1 heterocycles. The number of nitrogens with zero attached hydrogens (tertiary/aromatic N) is 2. The molecule has 1 aromatic carbocycles. The fourth-order valence-corrected chi connectivity index (χ4v) is 3.90. The van der Waals surface area contributed by atoms with Gasteiger partial charge in [0.15, 0.2) is 0 Å². The molecule has 1 atom stereocenters. The third-order valence-corrected chi connectivity index (χ3v) is 5.40. The van der Waals surface area contributed by atoms with Crippen molar-refractivity contribution < 1.29 is 13.2 Å². The zero-order valence-electron chi connectivity index (χ0n) is 12.2. The Balaban J connectivity index is 2.12. The maximum absolute atomic E-state index is 12.6. The summed E-state index contributed by atoms with van der Waals surface area (Å²) in [6.45, 7) is 3.63. The van der Waals surface area contributed by atoms with Crippen molar-refractivity contribution in [3.63, 3.8) is 0 Å². The highest BCUT2D eigenvalue weighted by molar-refractivity contribution is 7.89. The van der Waals surface area contributed by atoms with Crippen molar-refractivity contribution in [2.45, 2.75) is 37.2 Å². The van der Waals surface area contributed by atoms with E-state index in [4.69, 9.17) is 10.00 Å². The average Bonchev–Trinajstić information content (AvgIpc) is 2.53. The van der Waals surface area contributed by atoms with Crippen molar-refractivity contribution in [3.05, 3.63) is 29.8 Å². The Morgan fingerprint density at radius 3 is 2.71 bits per heavy atom. The van der Waals surface area contributed by atoms with E-state index >= 15 is 0 Å². The molecule has 5 nitrogen and oxygen atoms in total. The van der Waals surface area contributed by atoms with E-state index in [1.54, 1.807) is 0 Å². The average molecular weight is 308 g/mol. The SMILES string of the molecule is CCCOC1CCCN(S(=O)(=O)c2ccc(C#N)cc2)C1. The number of nitriles is 1. The van der Waals surface area contributed by atoms with Gasteiger partial charge in [-0.1, -0.05) is 6.92 Å². The molecule has 0 spiro atoms. The van der Waals surface area contributed by atoms with Gasteiger partial charge in [-0.25, -0.2) is 8.42 Å². The number of piperidine rings is 1. The summed E-state index contributed by atoms with van der Waals surface area (Å²) < 4.78 is 32.4. The smallest absolute Gasteiger partial charge is 0.243 e. The van der Waals surface area contributed by atoms with E-state index < -0.39 is 10.0 Å². The van der Waals surface area contributed by atoms with Gasteiger partial charge in [0, 0.05) is 19.7 Å². The lowest BCUT2D eigenvalue weighted by Crippen LogP contribution is -2.43. The van der Waals surface area contributed by atoms with Crippen molar-refractivity contribution in [1.29, 1.82) is 5.26 Å². The molecule has 0 N–H and O–H groups in total. The highest BCUT2D eigenvalue weighted by atomic mass is 32.2. The molecule has 1 fully saturated rings. The number of hydrogen-bond donors (Lipinski definition) is 0. The van der Waals surface area contributed by atoms with E-state index in [0.29, 0.717) is 25.3 Å². The molecular formula is C15H20N2O3S. The fraction of sp³-hybridized carbons (Fsp3) is 0.533. The van der Waals surface area contributed by atoms with E-state index in [-0.39, 0.29) is 11.0 Å². The van der Waals surface area contributed by atoms with E-state index in [1.165, 1.54) is 28.6 Å². The Labute approximate surface area is 126 Å². The highest BCUT2D eigenvalue weighted by Crippen LogP contribution is 2.22. The lowest BCUT2D eigenvalue weighted by molar-refractivity contribution is 0.0193. The van der Waals surface area contributed by atoms with Crippen LogP contribution in [0.4, 0.5) is 0 Å². The quantitative estimate of drug-likeness (QED) is 0.835. The zero-order chi connectivity index (χ0) is 15.3. The maximum Gasteiger partial charge on any atom is 0.243 e. The van der Waals surface area contributed by atoms with Crippen LogP contribution in [-0.4, -0.2) is 38.5 Å². The van der Waals surface area contributed by atoms with Gasteiger partial charge in [-0.05, 0) is 43.5 Å². The Morgan fingerprint density at radius 1 is 1.38 bits per heavy atom. The van der Waals surface area contributed by atoms with E-state index in [9.17, 15) is 8.42 Å². The molecule has 0 saturated carbocycles. The molecule has 1 aliphatic heterocycles. The van der Waals surface area contributed by atoms with Crippen LogP contribution in [0, 0.1) is 11.3 Å². The van der Waals surface area contributed by atoms with E-state index in [1.807, 2.05) is 13.0 Å². The minimum Gasteiger partial charge on any atom is -0.377 e. The zero-order valence-corrected chi connectivity index (χ0v) is 13.0. The number of ether oxygens (including phenoxy) is 1. The van der Waals surface area contributed by atoms with Gasteiger partial charge in [0.2, 0.25) is 10.0 Å². The molecule has 114 valence electrons. The van der Waals surface area contributed by atoms with Crippen molar-refractivity contribution in [3.8, 4) is 6.07 Å². The molecule has 1 unspecified atom stereocenters. The van der Waals surface area contributed by atoms with Crippen molar-refractivity contribution in [1.82, 2.24) is 4.31 Å². The van der Waals surface area contributed by atoms with Crippen LogP contribution in [0.2, 0.25) is 0 Å². The summed E-state index contributed by atoms with van der Waals surface area (Å²) in [6.07, 6.45) is 2.62. The summed E-state index contributed by atoms with van der Waals surface area (Å²) in [5.74, 6) is 0. The molecule has 0 bridgehead atoms. The standard InChI is InChI=1S/C15H20N2O3S/c1-2-10-20-14-4-3-9-17(12-14)21(18,19)15-7-5-13(11-16)6-8-15/h5-8,14H,2-4,9-10,12H2,1H3. The van der Waals surface area contributed by atoms with Gasteiger partial charge >= 0.3 is 0 Å². The van der Waals surface area contributed by atoms with Crippen LogP contribution in [-0.2, 0) is 14.8 Å². The highest BCUT2D eigenvalue weighted by Gasteiger charge is 2.30. The molecule has 0 radical (unpaired) electrons. The van der Waals surface area contributed by atoms with E-state index in [0.717, 1.165) is 19.3 Å². The van der Waals surface area contributed by atoms with Gasteiger partial charge in [0.05, 0.1) is 22.6 Å². The van der Waals surface area contributed by atoms with E-state index in [2.05, 4.69) is 0 Å². The summed E-state index contributed by atoms with van der Waals surface area (Å²) in [7, 11) is -3.50. The van der Waals surface area contributed by atoms with Crippen LogP contribution < -0.4 is 0 Å². The lowest BCUT2D eigenvalue weighted by atomic mass is 10.1. The summed E-state index contributed by atoms with van der Waals surface area (Å²) in [5.41, 5.74) is 0.455. The predicted molar refractivity (Wildman–Crippen MR) is 79.2 cm³/mol. The summed E-state index contributed by atoms with van der Waals surface area (Å²) in [4.78, 5) is 0.234. The number of rotatable bonds is 5. The molecule has 1 aliphatic rings. The first-order valence-corrected chi connectivity index (χ1v) is 8.64. The Morgan fingerprint density at radius 2 is 2.10 bits per heavy atom. The monoisotopic (exact) mass is 308 g/mol.